The first-order chi connectivity index (χ1) is 12.6. The topological polar surface area (TPSA) is 87.8 Å². The van der Waals surface area contributed by atoms with Crippen LogP contribution in [0.3, 0.4) is 0 Å². The van der Waals surface area contributed by atoms with Crippen molar-refractivity contribution >= 4 is 34.8 Å². The lowest BCUT2D eigenvalue weighted by Crippen LogP contribution is -2.51. The second kappa shape index (κ2) is 6.77. The van der Waals surface area contributed by atoms with E-state index >= 15 is 0 Å². The van der Waals surface area contributed by atoms with Crippen molar-refractivity contribution in [2.75, 3.05) is 12.4 Å². The summed E-state index contributed by atoms with van der Waals surface area (Å²) >= 11 is 1.38. The molecule has 2 aromatic rings. The SMILES string of the molecule is Cc1ccc(C(=O)Nc2ccc(F)c(C3N=C(N)N(C)C(=O)C3(C)C)c2)s1. The molecule has 0 aliphatic carbocycles. The average Bonchev–Trinajstić information content (AvgIpc) is 3.05. The van der Waals surface area contributed by atoms with Crippen molar-refractivity contribution in [3.05, 3.63) is 51.5 Å². The molecule has 6 nitrogen and oxygen atoms in total. The minimum atomic E-state index is -0.980. The number of thiophene rings is 1. The van der Waals surface area contributed by atoms with E-state index in [-0.39, 0.29) is 23.3 Å². The third-order valence-corrected chi connectivity index (χ3v) is 5.66. The summed E-state index contributed by atoms with van der Waals surface area (Å²) < 4.78 is 14.6. The summed E-state index contributed by atoms with van der Waals surface area (Å²) in [4.78, 5) is 32.1. The van der Waals surface area contributed by atoms with E-state index in [2.05, 4.69) is 10.3 Å². The molecule has 8 heteroatoms. The predicted octanol–water partition coefficient (Wildman–Crippen LogP) is 3.30. The third kappa shape index (κ3) is 3.44. The molecule has 2 heterocycles. The molecule has 0 fully saturated rings. The summed E-state index contributed by atoms with van der Waals surface area (Å²) in [6.45, 7) is 5.32. The lowest BCUT2D eigenvalue weighted by molar-refractivity contribution is -0.137. The maximum atomic E-state index is 14.6. The Morgan fingerprint density at radius 2 is 2.04 bits per heavy atom. The predicted molar refractivity (Wildman–Crippen MR) is 104 cm³/mol. The van der Waals surface area contributed by atoms with Crippen LogP contribution in [0.2, 0.25) is 0 Å². The summed E-state index contributed by atoms with van der Waals surface area (Å²) in [6, 6.07) is 7.06. The number of aryl methyl sites for hydroxylation is 1. The van der Waals surface area contributed by atoms with Crippen LogP contribution < -0.4 is 11.1 Å². The normalized spacial score (nSPS) is 19.0. The molecule has 142 valence electrons. The molecule has 0 bridgehead atoms. The van der Waals surface area contributed by atoms with E-state index in [1.54, 1.807) is 19.9 Å². The van der Waals surface area contributed by atoms with Gasteiger partial charge < -0.3 is 11.1 Å². The number of hydrogen-bond acceptors (Lipinski definition) is 5. The van der Waals surface area contributed by atoms with E-state index in [9.17, 15) is 14.0 Å². The second-order valence-electron chi connectivity index (χ2n) is 7.08. The zero-order chi connectivity index (χ0) is 19.9. The summed E-state index contributed by atoms with van der Waals surface area (Å²) in [7, 11) is 1.54. The van der Waals surface area contributed by atoms with Crippen molar-refractivity contribution in [3.63, 3.8) is 0 Å². The molecule has 1 aliphatic rings. The van der Waals surface area contributed by atoms with Gasteiger partial charge in [-0.3, -0.25) is 14.5 Å². The number of benzene rings is 1. The maximum absolute atomic E-state index is 14.6. The molecular weight excluding hydrogens is 367 g/mol. The first kappa shape index (κ1) is 19.0. The number of anilines is 1. The standard InChI is InChI=1S/C19H21FN4O2S/c1-10-5-8-14(27-10)16(25)22-11-6-7-13(20)12(9-11)15-19(2,3)17(26)24(4)18(21)23-15/h5-9,15H,1-4H3,(H2,21,23)(H,22,25). The molecule has 1 aliphatic heterocycles. The number of rotatable bonds is 3. The van der Waals surface area contributed by atoms with Crippen LogP contribution in [-0.4, -0.2) is 29.7 Å². The van der Waals surface area contributed by atoms with Gasteiger partial charge in [-0.15, -0.1) is 11.3 Å². The number of halogens is 1. The summed E-state index contributed by atoms with van der Waals surface area (Å²) in [5.74, 6) is -0.991. The number of amides is 2. The van der Waals surface area contributed by atoms with E-state index in [1.165, 1.54) is 41.5 Å². The summed E-state index contributed by atoms with van der Waals surface area (Å²) in [5.41, 5.74) is 5.49. The number of nitrogens with zero attached hydrogens (tertiary/aromatic N) is 2. The fourth-order valence-electron chi connectivity index (χ4n) is 3.07. The van der Waals surface area contributed by atoms with Gasteiger partial charge in [-0.1, -0.05) is 0 Å². The van der Waals surface area contributed by atoms with Gasteiger partial charge in [-0.25, -0.2) is 9.38 Å². The van der Waals surface area contributed by atoms with Crippen LogP contribution in [0.4, 0.5) is 10.1 Å². The smallest absolute Gasteiger partial charge is 0.265 e. The van der Waals surface area contributed by atoms with E-state index in [1.807, 2.05) is 13.0 Å². The van der Waals surface area contributed by atoms with Gasteiger partial charge in [0.05, 0.1) is 16.3 Å². The quantitative estimate of drug-likeness (QED) is 0.846. The third-order valence-electron chi connectivity index (χ3n) is 4.66. The number of guanidine groups is 1. The van der Waals surface area contributed by atoms with E-state index in [0.29, 0.717) is 10.6 Å². The molecule has 2 amide bonds. The molecule has 27 heavy (non-hydrogen) atoms. The lowest BCUT2D eigenvalue weighted by Gasteiger charge is -2.38. The van der Waals surface area contributed by atoms with Gasteiger partial charge in [-0.05, 0) is 51.1 Å². The highest BCUT2D eigenvalue weighted by Crippen LogP contribution is 2.42. The molecule has 0 spiro atoms. The molecule has 3 rings (SSSR count). The van der Waals surface area contributed by atoms with E-state index in [4.69, 9.17) is 5.73 Å². The second-order valence-corrected chi connectivity index (χ2v) is 8.36. The van der Waals surface area contributed by atoms with Gasteiger partial charge in [-0.2, -0.15) is 0 Å². The van der Waals surface area contributed by atoms with Gasteiger partial charge in [0, 0.05) is 23.2 Å². The number of carbonyl (C=O) groups excluding carboxylic acids is 2. The zero-order valence-electron chi connectivity index (χ0n) is 15.5. The van der Waals surface area contributed by atoms with E-state index in [0.717, 1.165) is 4.88 Å². The maximum Gasteiger partial charge on any atom is 0.265 e. The fourth-order valence-corrected chi connectivity index (χ4v) is 3.83. The fraction of sp³-hybridized carbons (Fsp3) is 0.316. The van der Waals surface area contributed by atoms with Crippen LogP contribution >= 0.6 is 11.3 Å². The van der Waals surface area contributed by atoms with Gasteiger partial charge >= 0.3 is 0 Å². The largest absolute Gasteiger partial charge is 0.369 e. The Morgan fingerprint density at radius 3 is 2.67 bits per heavy atom. The van der Waals surface area contributed by atoms with Crippen LogP contribution in [-0.2, 0) is 4.79 Å². The van der Waals surface area contributed by atoms with E-state index < -0.39 is 17.3 Å². The molecule has 1 atom stereocenters. The lowest BCUT2D eigenvalue weighted by atomic mass is 9.78. The highest BCUT2D eigenvalue weighted by Gasteiger charge is 2.45. The molecule has 1 aromatic heterocycles. The van der Waals surface area contributed by atoms with Crippen molar-refractivity contribution in [1.82, 2.24) is 4.90 Å². The Labute approximate surface area is 160 Å². The Balaban J connectivity index is 1.96. The number of nitrogens with two attached hydrogens (primary N) is 1. The number of aliphatic imine (C=N–C) groups is 1. The Hall–Kier alpha value is -2.74. The van der Waals surface area contributed by atoms with Crippen LogP contribution in [0.5, 0.6) is 0 Å². The van der Waals surface area contributed by atoms with Gasteiger partial charge in [0.15, 0.2) is 5.96 Å². The molecule has 0 saturated heterocycles. The summed E-state index contributed by atoms with van der Waals surface area (Å²) in [5, 5.41) is 2.77. The monoisotopic (exact) mass is 388 g/mol. The number of nitrogens with one attached hydrogen (secondary N) is 1. The molecule has 0 saturated carbocycles. The van der Waals surface area contributed by atoms with Crippen LogP contribution in [0, 0.1) is 18.2 Å². The Bertz CT molecular complexity index is 951. The van der Waals surface area contributed by atoms with Crippen molar-refractivity contribution in [1.29, 1.82) is 0 Å². The Morgan fingerprint density at radius 1 is 1.33 bits per heavy atom. The van der Waals surface area contributed by atoms with Crippen molar-refractivity contribution in [3.8, 4) is 0 Å². The first-order valence-corrected chi connectivity index (χ1v) is 9.21. The highest BCUT2D eigenvalue weighted by atomic mass is 32.1. The van der Waals surface area contributed by atoms with Gasteiger partial charge in [0.25, 0.3) is 5.91 Å². The van der Waals surface area contributed by atoms with Crippen LogP contribution in [0.15, 0.2) is 35.3 Å². The first-order valence-electron chi connectivity index (χ1n) is 8.40. The highest BCUT2D eigenvalue weighted by molar-refractivity contribution is 7.14. The molecule has 1 unspecified atom stereocenters. The van der Waals surface area contributed by atoms with Gasteiger partial charge in [0.1, 0.15) is 5.82 Å². The average molecular weight is 388 g/mol. The molecule has 1 aromatic carbocycles. The molecule has 3 N–H and O–H groups in total. The molecule has 0 radical (unpaired) electrons. The van der Waals surface area contributed by atoms with Crippen molar-refractivity contribution < 1.29 is 14.0 Å². The van der Waals surface area contributed by atoms with Crippen molar-refractivity contribution in [2.45, 2.75) is 26.8 Å². The van der Waals surface area contributed by atoms with Crippen LogP contribution in [0.1, 0.15) is 40.0 Å². The summed E-state index contributed by atoms with van der Waals surface area (Å²) in [6.07, 6.45) is 0. The van der Waals surface area contributed by atoms with Crippen molar-refractivity contribution in [2.24, 2.45) is 16.1 Å². The zero-order valence-corrected chi connectivity index (χ0v) is 16.4. The van der Waals surface area contributed by atoms with Crippen LogP contribution in [0.25, 0.3) is 0 Å². The number of carbonyl (C=O) groups is 2. The molecular formula is C19H21FN4O2S. The minimum absolute atomic E-state index is 0.0345. The minimum Gasteiger partial charge on any atom is -0.369 e. The number of hydrogen-bond donors (Lipinski definition) is 2. The van der Waals surface area contributed by atoms with Gasteiger partial charge in [0.2, 0.25) is 5.91 Å². The Kier molecular flexibility index (Phi) is 4.77.